The van der Waals surface area contributed by atoms with Crippen LogP contribution in [0.3, 0.4) is 0 Å². The van der Waals surface area contributed by atoms with Gasteiger partial charge in [-0.2, -0.15) is 0 Å². The monoisotopic (exact) mass is 255 g/mol. The molecule has 2 rings (SSSR count). The Bertz CT molecular complexity index is 255. The maximum Gasteiger partial charge on any atom is 0.0684 e. The summed E-state index contributed by atoms with van der Waals surface area (Å²) in [7, 11) is 0. The van der Waals surface area contributed by atoms with Crippen LogP contribution in [-0.2, 0) is 9.47 Å². The number of ether oxygens (including phenoxy) is 2. The SMILES string of the molecule is CCCCOCCNC1C2CCCOC2C1(C)C. The largest absolute Gasteiger partial charge is 0.380 e. The first-order valence-electron chi connectivity index (χ1n) is 7.60. The molecule has 0 aromatic carbocycles. The lowest BCUT2D eigenvalue weighted by Gasteiger charge is -2.60. The lowest BCUT2D eigenvalue weighted by molar-refractivity contribution is -0.192. The van der Waals surface area contributed by atoms with Gasteiger partial charge in [-0.3, -0.25) is 0 Å². The quantitative estimate of drug-likeness (QED) is 0.709. The third kappa shape index (κ3) is 2.89. The smallest absolute Gasteiger partial charge is 0.0684 e. The number of hydrogen-bond acceptors (Lipinski definition) is 3. The van der Waals surface area contributed by atoms with E-state index in [1.54, 1.807) is 0 Å². The Labute approximate surface area is 112 Å². The first-order valence-corrected chi connectivity index (χ1v) is 7.60. The molecule has 0 aromatic heterocycles. The van der Waals surface area contributed by atoms with Crippen molar-refractivity contribution in [2.24, 2.45) is 11.3 Å². The highest BCUT2D eigenvalue weighted by molar-refractivity contribution is 5.10. The molecule has 0 radical (unpaired) electrons. The molecular formula is C15H29NO2. The van der Waals surface area contributed by atoms with E-state index >= 15 is 0 Å². The number of nitrogens with one attached hydrogen (secondary N) is 1. The molecule has 1 saturated carbocycles. The lowest BCUT2D eigenvalue weighted by atomic mass is 9.55. The van der Waals surface area contributed by atoms with Crippen molar-refractivity contribution in [1.82, 2.24) is 5.32 Å². The second kappa shape index (κ2) is 6.36. The van der Waals surface area contributed by atoms with E-state index in [0.717, 1.165) is 32.3 Å². The average molecular weight is 255 g/mol. The van der Waals surface area contributed by atoms with Gasteiger partial charge in [-0.1, -0.05) is 27.2 Å². The Morgan fingerprint density at radius 1 is 1.33 bits per heavy atom. The van der Waals surface area contributed by atoms with Crippen molar-refractivity contribution in [1.29, 1.82) is 0 Å². The number of unbranched alkanes of at least 4 members (excludes halogenated alkanes) is 1. The fourth-order valence-electron chi connectivity index (χ4n) is 3.57. The average Bonchev–Trinajstić information content (AvgIpc) is 2.37. The molecule has 0 amide bonds. The van der Waals surface area contributed by atoms with E-state index in [1.165, 1.54) is 25.7 Å². The molecule has 1 N–H and O–H groups in total. The van der Waals surface area contributed by atoms with Gasteiger partial charge in [0, 0.05) is 37.1 Å². The van der Waals surface area contributed by atoms with Crippen LogP contribution in [0.15, 0.2) is 0 Å². The molecule has 1 saturated heterocycles. The van der Waals surface area contributed by atoms with Gasteiger partial charge in [0.2, 0.25) is 0 Å². The molecule has 3 atom stereocenters. The summed E-state index contributed by atoms with van der Waals surface area (Å²) in [5.74, 6) is 0.726. The highest BCUT2D eigenvalue weighted by atomic mass is 16.5. The molecule has 3 unspecified atom stereocenters. The van der Waals surface area contributed by atoms with E-state index in [1.807, 2.05) is 0 Å². The zero-order valence-corrected chi connectivity index (χ0v) is 12.2. The Morgan fingerprint density at radius 3 is 2.94 bits per heavy atom. The van der Waals surface area contributed by atoms with Crippen molar-refractivity contribution in [3.8, 4) is 0 Å². The van der Waals surface area contributed by atoms with E-state index in [-0.39, 0.29) is 5.41 Å². The van der Waals surface area contributed by atoms with Crippen LogP contribution >= 0.6 is 0 Å². The minimum Gasteiger partial charge on any atom is -0.380 e. The standard InChI is InChI=1S/C15H29NO2/c1-4-5-9-17-11-8-16-13-12-7-6-10-18-14(12)15(13,2)3/h12-14,16H,4-11H2,1-3H3. The van der Waals surface area contributed by atoms with Crippen molar-refractivity contribution >= 4 is 0 Å². The van der Waals surface area contributed by atoms with Gasteiger partial charge < -0.3 is 14.8 Å². The molecule has 3 heteroatoms. The van der Waals surface area contributed by atoms with Crippen LogP contribution in [0.25, 0.3) is 0 Å². The second-order valence-corrected chi connectivity index (χ2v) is 6.32. The summed E-state index contributed by atoms with van der Waals surface area (Å²) in [5, 5.41) is 3.68. The summed E-state index contributed by atoms with van der Waals surface area (Å²) in [6.45, 7) is 10.5. The van der Waals surface area contributed by atoms with E-state index in [9.17, 15) is 0 Å². The fraction of sp³-hybridized carbons (Fsp3) is 1.00. The number of hydrogen-bond donors (Lipinski definition) is 1. The molecule has 1 aliphatic heterocycles. The molecule has 0 aromatic rings. The van der Waals surface area contributed by atoms with Crippen LogP contribution in [0.2, 0.25) is 0 Å². The molecule has 106 valence electrons. The number of rotatable bonds is 7. The molecule has 2 aliphatic rings. The van der Waals surface area contributed by atoms with Crippen molar-refractivity contribution in [2.75, 3.05) is 26.4 Å². The maximum absolute atomic E-state index is 5.91. The fourth-order valence-corrected chi connectivity index (χ4v) is 3.57. The highest BCUT2D eigenvalue weighted by Gasteiger charge is 2.57. The third-order valence-corrected chi connectivity index (χ3v) is 4.58. The maximum atomic E-state index is 5.91. The summed E-state index contributed by atoms with van der Waals surface area (Å²) < 4.78 is 11.5. The van der Waals surface area contributed by atoms with Crippen LogP contribution in [0.4, 0.5) is 0 Å². The number of fused-ring (bicyclic) bond motifs is 1. The molecule has 18 heavy (non-hydrogen) atoms. The predicted octanol–water partition coefficient (Wildman–Crippen LogP) is 2.60. The molecule has 0 bridgehead atoms. The van der Waals surface area contributed by atoms with Gasteiger partial charge in [0.15, 0.2) is 0 Å². The molecular weight excluding hydrogens is 226 g/mol. The third-order valence-electron chi connectivity index (χ3n) is 4.58. The second-order valence-electron chi connectivity index (χ2n) is 6.32. The van der Waals surface area contributed by atoms with Crippen LogP contribution in [-0.4, -0.2) is 38.5 Å². The van der Waals surface area contributed by atoms with Crippen molar-refractivity contribution in [2.45, 2.75) is 58.6 Å². The Hall–Kier alpha value is -0.120. The van der Waals surface area contributed by atoms with E-state index < -0.39 is 0 Å². The van der Waals surface area contributed by atoms with Gasteiger partial charge in [-0.05, 0) is 19.3 Å². The lowest BCUT2D eigenvalue weighted by Crippen LogP contribution is -2.69. The van der Waals surface area contributed by atoms with E-state index in [0.29, 0.717) is 12.1 Å². The van der Waals surface area contributed by atoms with Crippen molar-refractivity contribution in [3.63, 3.8) is 0 Å². The summed E-state index contributed by atoms with van der Waals surface area (Å²) in [6, 6.07) is 0.609. The molecule has 1 aliphatic carbocycles. The molecule has 3 nitrogen and oxygen atoms in total. The zero-order valence-electron chi connectivity index (χ0n) is 12.2. The highest BCUT2D eigenvalue weighted by Crippen LogP contribution is 2.51. The Kier molecular flexibility index (Phi) is 5.05. The summed E-state index contributed by atoms with van der Waals surface area (Å²) >= 11 is 0. The predicted molar refractivity (Wildman–Crippen MR) is 73.8 cm³/mol. The normalized spacial score (nSPS) is 33.8. The summed E-state index contributed by atoms with van der Waals surface area (Å²) in [6.07, 6.45) is 5.41. The van der Waals surface area contributed by atoms with Gasteiger partial charge in [-0.25, -0.2) is 0 Å². The van der Waals surface area contributed by atoms with Gasteiger partial charge in [0.05, 0.1) is 12.7 Å². The van der Waals surface area contributed by atoms with Crippen molar-refractivity contribution in [3.05, 3.63) is 0 Å². The Balaban J connectivity index is 1.66. The molecule has 0 spiro atoms. The van der Waals surface area contributed by atoms with Crippen LogP contribution in [0.1, 0.15) is 46.5 Å². The first kappa shape index (κ1) is 14.3. The van der Waals surface area contributed by atoms with Crippen LogP contribution in [0, 0.1) is 11.3 Å². The van der Waals surface area contributed by atoms with E-state index in [2.05, 4.69) is 26.1 Å². The summed E-state index contributed by atoms with van der Waals surface area (Å²) in [5.41, 5.74) is 0.286. The topological polar surface area (TPSA) is 30.5 Å². The van der Waals surface area contributed by atoms with Gasteiger partial charge in [-0.15, -0.1) is 0 Å². The summed E-state index contributed by atoms with van der Waals surface area (Å²) in [4.78, 5) is 0. The van der Waals surface area contributed by atoms with Crippen molar-refractivity contribution < 1.29 is 9.47 Å². The van der Waals surface area contributed by atoms with Crippen LogP contribution < -0.4 is 5.32 Å². The minimum absolute atomic E-state index is 0.286. The molecule has 2 fully saturated rings. The van der Waals surface area contributed by atoms with Crippen LogP contribution in [0.5, 0.6) is 0 Å². The first-order chi connectivity index (χ1) is 8.68. The zero-order chi connectivity index (χ0) is 13.0. The van der Waals surface area contributed by atoms with Gasteiger partial charge >= 0.3 is 0 Å². The van der Waals surface area contributed by atoms with E-state index in [4.69, 9.17) is 9.47 Å². The minimum atomic E-state index is 0.286. The Morgan fingerprint density at radius 2 is 2.17 bits per heavy atom. The van der Waals surface area contributed by atoms with Gasteiger partial charge in [0.25, 0.3) is 0 Å². The molecule has 1 heterocycles. The van der Waals surface area contributed by atoms with Gasteiger partial charge in [0.1, 0.15) is 0 Å².